The van der Waals surface area contributed by atoms with E-state index in [1.165, 1.54) is 43.8 Å². The first-order chi connectivity index (χ1) is 12.3. The molecule has 0 amide bonds. The molecule has 0 aliphatic carbocycles. The van der Waals surface area contributed by atoms with Gasteiger partial charge in [0.15, 0.2) is 0 Å². The molecule has 0 aliphatic rings. The summed E-state index contributed by atoms with van der Waals surface area (Å²) in [6, 6.07) is 23.3. The van der Waals surface area contributed by atoms with Crippen LogP contribution in [0.1, 0.15) is 5.56 Å². The molecule has 0 spiro atoms. The first-order valence-electron chi connectivity index (χ1n) is 8.19. The van der Waals surface area contributed by atoms with Crippen molar-refractivity contribution in [2.45, 2.75) is 0 Å². The summed E-state index contributed by atoms with van der Waals surface area (Å²) in [6.07, 6.45) is 2.14. The van der Waals surface area contributed by atoms with Crippen LogP contribution in [-0.4, -0.2) is 6.29 Å². The molecule has 0 unspecified atom stereocenters. The van der Waals surface area contributed by atoms with Crippen LogP contribution in [0.3, 0.4) is 0 Å². The van der Waals surface area contributed by atoms with E-state index in [0.717, 1.165) is 17.2 Å². The van der Waals surface area contributed by atoms with Crippen LogP contribution in [0.15, 0.2) is 72.8 Å². The predicted molar refractivity (Wildman–Crippen MR) is 108 cm³/mol. The fourth-order valence-electron chi connectivity index (χ4n) is 4.00. The van der Waals surface area contributed by atoms with E-state index < -0.39 is 0 Å². The second kappa shape index (κ2) is 5.30. The minimum Gasteiger partial charge on any atom is -0.299 e. The Morgan fingerprint density at radius 2 is 1.24 bits per heavy atom. The van der Waals surface area contributed by atoms with Gasteiger partial charge in [-0.2, -0.15) is 0 Å². The van der Waals surface area contributed by atoms with Crippen LogP contribution < -0.4 is 0 Å². The van der Waals surface area contributed by atoms with E-state index in [1.54, 1.807) is 0 Å². The van der Waals surface area contributed by atoms with E-state index in [1.807, 2.05) is 6.07 Å². The lowest BCUT2D eigenvalue weighted by molar-refractivity contribution is -0.104. The third-order valence-corrected chi connectivity index (χ3v) is 5.33. The Bertz CT molecular complexity index is 1260. The Hall–Kier alpha value is -2.90. The lowest BCUT2D eigenvalue weighted by Crippen LogP contribution is -1.89. The number of halogens is 1. The summed E-state index contributed by atoms with van der Waals surface area (Å²) in [6.45, 7) is 0. The van der Waals surface area contributed by atoms with Gasteiger partial charge in [0, 0.05) is 5.56 Å². The maximum absolute atomic E-state index is 10.9. The van der Waals surface area contributed by atoms with Gasteiger partial charge in [0.05, 0.1) is 5.03 Å². The van der Waals surface area contributed by atoms with Gasteiger partial charge in [-0.1, -0.05) is 78.3 Å². The largest absolute Gasteiger partial charge is 0.299 e. The molecular weight excluding hydrogens is 328 g/mol. The molecule has 0 aliphatic heterocycles. The quantitative estimate of drug-likeness (QED) is 0.155. The van der Waals surface area contributed by atoms with E-state index >= 15 is 0 Å². The van der Waals surface area contributed by atoms with Gasteiger partial charge in [-0.15, -0.1) is 0 Å². The summed E-state index contributed by atoms with van der Waals surface area (Å²) in [4.78, 5) is 10.9. The number of carbonyl (C=O) groups excluding carboxylic acids is 1. The highest BCUT2D eigenvalue weighted by atomic mass is 35.5. The van der Waals surface area contributed by atoms with E-state index in [-0.39, 0.29) is 0 Å². The smallest absolute Gasteiger partial charge is 0.144 e. The number of carbonyl (C=O) groups is 1. The SMILES string of the molecule is O=CC=C(Cl)c1ccc2c3cccc4cccc(c5cccc1c52)c43. The van der Waals surface area contributed by atoms with Gasteiger partial charge in [0.2, 0.25) is 0 Å². The van der Waals surface area contributed by atoms with E-state index in [2.05, 4.69) is 60.7 Å². The molecule has 5 aromatic rings. The van der Waals surface area contributed by atoms with Crippen molar-refractivity contribution in [2.24, 2.45) is 0 Å². The number of fused-ring (bicyclic) bond motifs is 2. The third kappa shape index (κ3) is 1.93. The van der Waals surface area contributed by atoms with E-state index in [0.29, 0.717) is 5.03 Å². The van der Waals surface area contributed by atoms with Crippen molar-refractivity contribution >= 4 is 66.0 Å². The first kappa shape index (κ1) is 14.4. The molecule has 118 valence electrons. The summed E-state index contributed by atoms with van der Waals surface area (Å²) in [5.74, 6) is 0. The van der Waals surface area contributed by atoms with Crippen LogP contribution in [0.4, 0.5) is 0 Å². The first-order valence-corrected chi connectivity index (χ1v) is 8.57. The molecule has 0 bridgehead atoms. The molecule has 0 heterocycles. The van der Waals surface area contributed by atoms with Gasteiger partial charge in [-0.25, -0.2) is 0 Å². The molecule has 0 saturated carbocycles. The van der Waals surface area contributed by atoms with Gasteiger partial charge in [-0.3, -0.25) is 4.79 Å². The Labute approximate surface area is 149 Å². The van der Waals surface area contributed by atoms with Crippen LogP contribution in [0.5, 0.6) is 0 Å². The normalized spacial score (nSPS) is 12.6. The Morgan fingerprint density at radius 1 is 0.680 bits per heavy atom. The maximum Gasteiger partial charge on any atom is 0.144 e. The zero-order valence-corrected chi connectivity index (χ0v) is 14.0. The number of rotatable bonds is 2. The fraction of sp³-hybridized carbons (Fsp3) is 0. The van der Waals surface area contributed by atoms with Crippen molar-refractivity contribution < 1.29 is 4.79 Å². The Morgan fingerprint density at radius 3 is 1.92 bits per heavy atom. The highest BCUT2D eigenvalue weighted by molar-refractivity contribution is 6.51. The molecule has 5 aromatic carbocycles. The predicted octanol–water partition coefficient (Wildman–Crippen LogP) is 6.52. The molecule has 0 N–H and O–H groups in total. The van der Waals surface area contributed by atoms with Crippen LogP contribution in [0.25, 0.3) is 48.1 Å². The maximum atomic E-state index is 10.9. The Balaban J connectivity index is 2.11. The number of aldehydes is 1. The van der Waals surface area contributed by atoms with Crippen LogP contribution in [0.2, 0.25) is 0 Å². The second-order valence-corrected chi connectivity index (χ2v) is 6.66. The number of hydrogen-bond donors (Lipinski definition) is 0. The van der Waals surface area contributed by atoms with Crippen molar-refractivity contribution in [1.82, 2.24) is 0 Å². The minimum absolute atomic E-state index is 0.468. The van der Waals surface area contributed by atoms with Crippen molar-refractivity contribution in [2.75, 3.05) is 0 Å². The third-order valence-electron chi connectivity index (χ3n) is 5.00. The lowest BCUT2D eigenvalue weighted by Gasteiger charge is -2.16. The van der Waals surface area contributed by atoms with Gasteiger partial charge in [-0.05, 0) is 49.2 Å². The van der Waals surface area contributed by atoms with Crippen molar-refractivity contribution in [3.8, 4) is 0 Å². The average Bonchev–Trinajstić information content (AvgIpc) is 2.65. The van der Waals surface area contributed by atoms with Gasteiger partial charge in [0.25, 0.3) is 0 Å². The van der Waals surface area contributed by atoms with Gasteiger partial charge in [0.1, 0.15) is 6.29 Å². The van der Waals surface area contributed by atoms with Crippen LogP contribution in [-0.2, 0) is 4.79 Å². The highest BCUT2D eigenvalue weighted by Gasteiger charge is 2.14. The molecule has 0 saturated heterocycles. The van der Waals surface area contributed by atoms with Crippen LogP contribution in [0, 0.1) is 0 Å². The number of allylic oxidation sites excluding steroid dienone is 1. The highest BCUT2D eigenvalue weighted by Crippen LogP contribution is 2.42. The number of hydrogen-bond acceptors (Lipinski definition) is 1. The van der Waals surface area contributed by atoms with Crippen molar-refractivity contribution in [3.05, 3.63) is 78.4 Å². The second-order valence-electron chi connectivity index (χ2n) is 6.25. The summed E-state index contributed by atoms with van der Waals surface area (Å²) in [7, 11) is 0. The molecule has 2 heteroatoms. The molecule has 5 rings (SSSR count). The molecule has 0 aromatic heterocycles. The van der Waals surface area contributed by atoms with Gasteiger partial charge >= 0.3 is 0 Å². The summed E-state index contributed by atoms with van der Waals surface area (Å²) in [5.41, 5.74) is 0.890. The topological polar surface area (TPSA) is 17.1 Å². The molecule has 25 heavy (non-hydrogen) atoms. The monoisotopic (exact) mass is 340 g/mol. The summed E-state index contributed by atoms with van der Waals surface area (Å²) >= 11 is 6.36. The molecular formula is C23H13ClO. The van der Waals surface area contributed by atoms with Crippen molar-refractivity contribution in [3.63, 3.8) is 0 Å². The van der Waals surface area contributed by atoms with Crippen LogP contribution >= 0.6 is 11.6 Å². The van der Waals surface area contributed by atoms with Crippen molar-refractivity contribution in [1.29, 1.82) is 0 Å². The minimum atomic E-state index is 0.468. The molecule has 1 nitrogen and oxygen atoms in total. The zero-order chi connectivity index (χ0) is 17.0. The molecule has 0 fully saturated rings. The fourth-order valence-corrected chi connectivity index (χ4v) is 4.22. The van der Waals surface area contributed by atoms with E-state index in [4.69, 9.17) is 11.6 Å². The number of benzene rings is 5. The zero-order valence-electron chi connectivity index (χ0n) is 13.3. The molecule has 0 atom stereocenters. The lowest BCUT2D eigenvalue weighted by atomic mass is 9.88. The standard InChI is InChI=1S/C23H13ClO/c24-21(12-13-25)15-10-11-20-18-7-2-5-14-4-1-6-17(22(14)18)19-9-3-8-16(15)23(19)20/h1-13H. The molecule has 0 radical (unpaired) electrons. The average molecular weight is 341 g/mol. The summed E-state index contributed by atoms with van der Waals surface area (Å²) in [5, 5.41) is 10.2. The van der Waals surface area contributed by atoms with Gasteiger partial charge < -0.3 is 0 Å². The van der Waals surface area contributed by atoms with E-state index in [9.17, 15) is 4.79 Å². The summed E-state index contributed by atoms with van der Waals surface area (Å²) < 4.78 is 0. The Kier molecular flexibility index (Phi) is 3.06.